The van der Waals surface area contributed by atoms with Gasteiger partial charge in [0.1, 0.15) is 12.4 Å². The zero-order chi connectivity index (χ0) is 11.6. The molecule has 0 fully saturated rings. The summed E-state index contributed by atoms with van der Waals surface area (Å²) in [6, 6.07) is 0.281. The normalized spacial score (nSPS) is 12.5. The molecule has 0 atom stereocenters. The molecular weight excluding hydrogens is 190 g/mol. The van der Waals surface area contributed by atoms with Gasteiger partial charge < -0.3 is 9.67 Å². The van der Waals surface area contributed by atoms with Crippen molar-refractivity contribution in [3.05, 3.63) is 11.6 Å². The fourth-order valence-electron chi connectivity index (χ4n) is 1.59. The van der Waals surface area contributed by atoms with Gasteiger partial charge in [0.2, 0.25) is 0 Å². The van der Waals surface area contributed by atoms with E-state index in [1.807, 2.05) is 4.57 Å². The second-order valence-corrected chi connectivity index (χ2v) is 4.80. The number of hydrogen-bond acceptors (Lipinski definition) is 3. The third-order valence-electron chi connectivity index (χ3n) is 2.91. The molecule has 1 aromatic rings. The van der Waals surface area contributed by atoms with E-state index in [0.717, 1.165) is 12.2 Å². The van der Waals surface area contributed by atoms with Crippen LogP contribution in [0.3, 0.4) is 0 Å². The van der Waals surface area contributed by atoms with Crippen molar-refractivity contribution < 1.29 is 5.11 Å². The van der Waals surface area contributed by atoms with Crippen LogP contribution in [-0.4, -0.2) is 19.9 Å². The zero-order valence-electron chi connectivity index (χ0n) is 10.3. The van der Waals surface area contributed by atoms with Gasteiger partial charge in [-0.05, 0) is 20.3 Å². The van der Waals surface area contributed by atoms with E-state index in [1.54, 1.807) is 0 Å². The largest absolute Gasteiger partial charge is 0.388 e. The summed E-state index contributed by atoms with van der Waals surface area (Å²) >= 11 is 0. The summed E-state index contributed by atoms with van der Waals surface area (Å²) in [6.07, 6.45) is 1.00. The van der Waals surface area contributed by atoms with Crippen LogP contribution in [0.4, 0.5) is 0 Å². The van der Waals surface area contributed by atoms with Gasteiger partial charge >= 0.3 is 0 Å². The summed E-state index contributed by atoms with van der Waals surface area (Å²) in [5, 5.41) is 17.4. The first-order valence-electron chi connectivity index (χ1n) is 5.49. The Balaban J connectivity index is 3.24. The molecule has 1 aromatic heterocycles. The van der Waals surface area contributed by atoms with E-state index in [-0.39, 0.29) is 18.1 Å². The predicted molar refractivity (Wildman–Crippen MR) is 59.6 cm³/mol. The van der Waals surface area contributed by atoms with E-state index in [9.17, 15) is 5.11 Å². The number of aromatic nitrogens is 3. The van der Waals surface area contributed by atoms with Crippen LogP contribution in [0.1, 0.15) is 58.7 Å². The maximum absolute atomic E-state index is 9.20. The predicted octanol–water partition coefficient (Wildman–Crippen LogP) is 2.04. The summed E-state index contributed by atoms with van der Waals surface area (Å²) in [5.41, 5.74) is 0.00465. The quantitative estimate of drug-likeness (QED) is 0.829. The van der Waals surface area contributed by atoms with Crippen molar-refractivity contribution in [1.29, 1.82) is 0 Å². The third kappa shape index (κ3) is 2.20. The summed E-state index contributed by atoms with van der Waals surface area (Å²) in [4.78, 5) is 0. The van der Waals surface area contributed by atoms with E-state index in [4.69, 9.17) is 0 Å². The minimum Gasteiger partial charge on any atom is -0.388 e. The van der Waals surface area contributed by atoms with Gasteiger partial charge in [0.05, 0.1) is 0 Å². The van der Waals surface area contributed by atoms with Crippen LogP contribution in [0.25, 0.3) is 0 Å². The summed E-state index contributed by atoms with van der Waals surface area (Å²) in [7, 11) is 0. The van der Waals surface area contributed by atoms with E-state index in [1.165, 1.54) is 0 Å². The van der Waals surface area contributed by atoms with Gasteiger partial charge in [-0.2, -0.15) is 0 Å². The molecule has 0 aliphatic rings. The Morgan fingerprint density at radius 2 is 1.93 bits per heavy atom. The lowest BCUT2D eigenvalue weighted by Gasteiger charge is -2.24. The highest BCUT2D eigenvalue weighted by molar-refractivity contribution is 5.08. The lowest BCUT2D eigenvalue weighted by Crippen LogP contribution is -2.24. The molecule has 0 saturated heterocycles. The molecule has 4 heteroatoms. The maximum Gasteiger partial charge on any atom is 0.159 e. The summed E-state index contributed by atoms with van der Waals surface area (Å²) in [6.45, 7) is 10.5. The van der Waals surface area contributed by atoms with Crippen LogP contribution in [0, 0.1) is 0 Å². The molecule has 1 N–H and O–H groups in total. The fraction of sp³-hybridized carbons (Fsp3) is 0.818. The Morgan fingerprint density at radius 3 is 2.33 bits per heavy atom. The average Bonchev–Trinajstić information content (AvgIpc) is 2.61. The molecule has 0 radical (unpaired) electrons. The molecule has 0 saturated carbocycles. The van der Waals surface area contributed by atoms with Crippen LogP contribution in [0.5, 0.6) is 0 Å². The summed E-state index contributed by atoms with van der Waals surface area (Å²) < 4.78 is 2.03. The van der Waals surface area contributed by atoms with E-state index in [2.05, 4.69) is 44.8 Å². The van der Waals surface area contributed by atoms with Gasteiger partial charge in [0, 0.05) is 11.5 Å². The van der Waals surface area contributed by atoms with Crippen LogP contribution >= 0.6 is 0 Å². The number of aliphatic hydroxyl groups excluding tert-OH is 1. The number of hydrogen-bond donors (Lipinski definition) is 1. The van der Waals surface area contributed by atoms with Crippen LogP contribution in [0.2, 0.25) is 0 Å². The lowest BCUT2D eigenvalue weighted by molar-refractivity contribution is 0.259. The third-order valence-corrected chi connectivity index (χ3v) is 2.91. The first kappa shape index (κ1) is 12.2. The molecule has 0 amide bonds. The molecule has 0 unspecified atom stereocenters. The molecule has 0 bridgehead atoms. The van der Waals surface area contributed by atoms with Crippen molar-refractivity contribution >= 4 is 0 Å². The molecule has 0 aromatic carbocycles. The lowest BCUT2D eigenvalue weighted by atomic mass is 9.89. The highest BCUT2D eigenvalue weighted by Crippen LogP contribution is 2.27. The SMILES string of the molecule is CCC(C)(C)c1nnc(CO)n1C(C)C. The molecule has 0 aliphatic heterocycles. The molecule has 4 nitrogen and oxygen atoms in total. The van der Waals surface area contributed by atoms with E-state index in [0.29, 0.717) is 5.82 Å². The first-order valence-corrected chi connectivity index (χ1v) is 5.49. The Kier molecular flexibility index (Phi) is 3.50. The second kappa shape index (κ2) is 4.31. The smallest absolute Gasteiger partial charge is 0.159 e. The minimum atomic E-state index is -0.0506. The second-order valence-electron chi connectivity index (χ2n) is 4.80. The monoisotopic (exact) mass is 211 g/mol. The van der Waals surface area contributed by atoms with E-state index < -0.39 is 0 Å². The Hall–Kier alpha value is -0.900. The highest BCUT2D eigenvalue weighted by atomic mass is 16.3. The molecule has 1 rings (SSSR count). The summed E-state index contributed by atoms with van der Waals surface area (Å²) in [5.74, 6) is 1.62. The van der Waals surface area contributed by atoms with Gasteiger partial charge in [-0.25, -0.2) is 0 Å². The minimum absolute atomic E-state index is 0.00465. The Bertz CT molecular complexity index is 329. The molecule has 86 valence electrons. The van der Waals surface area contributed by atoms with Gasteiger partial charge in [0.15, 0.2) is 5.82 Å². The first-order chi connectivity index (χ1) is 6.94. The molecule has 15 heavy (non-hydrogen) atoms. The Labute approximate surface area is 91.3 Å². The molecule has 1 heterocycles. The van der Waals surface area contributed by atoms with Crippen molar-refractivity contribution in [2.75, 3.05) is 0 Å². The van der Waals surface area contributed by atoms with Crippen LogP contribution in [0.15, 0.2) is 0 Å². The van der Waals surface area contributed by atoms with E-state index >= 15 is 0 Å². The molecule has 0 aliphatic carbocycles. The van der Waals surface area contributed by atoms with Crippen molar-refractivity contribution in [1.82, 2.24) is 14.8 Å². The maximum atomic E-state index is 9.20. The standard InChI is InChI=1S/C11H21N3O/c1-6-11(4,5)10-13-12-9(7-15)14(10)8(2)3/h8,15H,6-7H2,1-5H3. The topological polar surface area (TPSA) is 50.9 Å². The number of aliphatic hydroxyl groups is 1. The van der Waals surface area contributed by atoms with Gasteiger partial charge in [0.25, 0.3) is 0 Å². The number of rotatable bonds is 4. The van der Waals surface area contributed by atoms with Gasteiger partial charge in [-0.3, -0.25) is 0 Å². The Morgan fingerprint density at radius 1 is 1.33 bits per heavy atom. The fourth-order valence-corrected chi connectivity index (χ4v) is 1.59. The van der Waals surface area contributed by atoms with Gasteiger partial charge in [-0.15, -0.1) is 10.2 Å². The molecular formula is C11H21N3O. The highest BCUT2D eigenvalue weighted by Gasteiger charge is 2.27. The van der Waals surface area contributed by atoms with Crippen LogP contribution < -0.4 is 0 Å². The molecule has 0 spiro atoms. The van der Waals surface area contributed by atoms with Gasteiger partial charge in [-0.1, -0.05) is 20.8 Å². The van der Waals surface area contributed by atoms with Crippen molar-refractivity contribution in [2.24, 2.45) is 0 Å². The van der Waals surface area contributed by atoms with Crippen LogP contribution in [-0.2, 0) is 12.0 Å². The van der Waals surface area contributed by atoms with Crippen molar-refractivity contribution in [3.63, 3.8) is 0 Å². The zero-order valence-corrected chi connectivity index (χ0v) is 10.3. The number of nitrogens with zero attached hydrogens (tertiary/aromatic N) is 3. The van der Waals surface area contributed by atoms with Crippen molar-refractivity contribution in [2.45, 2.75) is 59.1 Å². The average molecular weight is 211 g/mol. The van der Waals surface area contributed by atoms with Crippen molar-refractivity contribution in [3.8, 4) is 0 Å².